The Labute approximate surface area is 121 Å². The molecule has 0 saturated carbocycles. The Balaban J connectivity index is 2.12. The van der Waals surface area contributed by atoms with Gasteiger partial charge < -0.3 is 4.98 Å². The van der Waals surface area contributed by atoms with Crippen molar-refractivity contribution in [2.24, 2.45) is 0 Å². The normalized spacial score (nSPS) is 20.9. The van der Waals surface area contributed by atoms with E-state index in [4.69, 9.17) is 0 Å². The molecule has 1 aromatic heterocycles. The summed E-state index contributed by atoms with van der Waals surface area (Å²) < 4.78 is 26.7. The Morgan fingerprint density at radius 3 is 2.65 bits per heavy atom. The van der Waals surface area contributed by atoms with Gasteiger partial charge in [-0.1, -0.05) is 20.8 Å². The molecule has 0 aromatic carbocycles. The van der Waals surface area contributed by atoms with E-state index >= 15 is 0 Å². The Morgan fingerprint density at radius 2 is 2.10 bits per heavy atom. The molecule has 20 heavy (non-hydrogen) atoms. The molecule has 1 aliphatic heterocycles. The van der Waals surface area contributed by atoms with Gasteiger partial charge in [-0.05, 0) is 19.5 Å². The highest BCUT2D eigenvalue weighted by Crippen LogP contribution is 2.22. The van der Waals surface area contributed by atoms with E-state index in [1.165, 1.54) is 6.20 Å². The lowest BCUT2D eigenvalue weighted by molar-refractivity contribution is 0.224. The number of aryl methyl sites for hydroxylation is 1. The number of imidazole rings is 1. The molecule has 2 heterocycles. The highest BCUT2D eigenvalue weighted by Gasteiger charge is 2.35. The number of hydrogen-bond donors (Lipinski definition) is 1. The van der Waals surface area contributed by atoms with Crippen LogP contribution in [0.2, 0.25) is 0 Å². The third kappa shape index (κ3) is 2.89. The average molecular weight is 300 g/mol. The van der Waals surface area contributed by atoms with E-state index < -0.39 is 10.0 Å². The second kappa shape index (κ2) is 6.24. The monoisotopic (exact) mass is 300 g/mol. The van der Waals surface area contributed by atoms with E-state index in [0.717, 1.165) is 19.5 Å². The molecule has 1 aliphatic rings. The second-order valence-electron chi connectivity index (χ2n) is 5.07. The van der Waals surface area contributed by atoms with Gasteiger partial charge in [0.1, 0.15) is 5.82 Å². The van der Waals surface area contributed by atoms with Crippen LogP contribution in [-0.2, 0) is 16.4 Å². The predicted octanol–water partition coefficient (Wildman–Crippen LogP) is 1.08. The summed E-state index contributed by atoms with van der Waals surface area (Å²) in [5, 5.41) is 0.217. The molecule has 0 radical (unpaired) electrons. The van der Waals surface area contributed by atoms with Crippen LogP contribution in [0, 0.1) is 0 Å². The lowest BCUT2D eigenvalue weighted by Crippen LogP contribution is -2.38. The summed E-state index contributed by atoms with van der Waals surface area (Å²) in [6, 6.07) is 0.327. The first kappa shape index (κ1) is 15.5. The number of H-pyrrole nitrogens is 1. The Kier molecular flexibility index (Phi) is 4.82. The number of rotatable bonds is 6. The topological polar surface area (TPSA) is 69.3 Å². The van der Waals surface area contributed by atoms with Crippen molar-refractivity contribution in [2.45, 2.75) is 44.7 Å². The molecule has 6 nitrogen and oxygen atoms in total. The SMILES string of the molecule is CCc1ncc(S(=O)(=O)N2CCC(N(CC)CC)C2)[nH]1. The first-order chi connectivity index (χ1) is 9.52. The molecule has 1 saturated heterocycles. The number of nitrogens with one attached hydrogen (secondary N) is 1. The van der Waals surface area contributed by atoms with Crippen LogP contribution >= 0.6 is 0 Å². The van der Waals surface area contributed by atoms with Gasteiger partial charge in [0.05, 0.1) is 6.20 Å². The first-order valence-corrected chi connectivity index (χ1v) is 8.75. The summed E-state index contributed by atoms with van der Waals surface area (Å²) in [6.45, 7) is 9.25. The van der Waals surface area contributed by atoms with E-state index in [-0.39, 0.29) is 5.03 Å². The Hall–Kier alpha value is -0.920. The number of likely N-dealkylation sites (N-methyl/N-ethyl adjacent to an activating group) is 1. The lowest BCUT2D eigenvalue weighted by atomic mass is 10.2. The summed E-state index contributed by atoms with van der Waals surface area (Å²) in [6.07, 6.45) is 3.03. The van der Waals surface area contributed by atoms with E-state index in [9.17, 15) is 8.42 Å². The molecular formula is C13H24N4O2S. The first-order valence-electron chi connectivity index (χ1n) is 7.30. The Morgan fingerprint density at radius 1 is 1.40 bits per heavy atom. The van der Waals surface area contributed by atoms with Crippen molar-refractivity contribution in [1.82, 2.24) is 19.2 Å². The molecule has 1 unspecified atom stereocenters. The van der Waals surface area contributed by atoms with Crippen LogP contribution < -0.4 is 0 Å². The van der Waals surface area contributed by atoms with Crippen LogP contribution in [0.1, 0.15) is 33.0 Å². The van der Waals surface area contributed by atoms with Crippen molar-refractivity contribution in [1.29, 1.82) is 0 Å². The van der Waals surface area contributed by atoms with Crippen molar-refractivity contribution in [3.8, 4) is 0 Å². The minimum atomic E-state index is -3.42. The fourth-order valence-electron chi connectivity index (χ4n) is 2.76. The standard InChI is InChI=1S/C13H24N4O2S/c1-4-12-14-9-13(15-12)20(18,19)17-8-7-11(10-17)16(5-2)6-3/h9,11H,4-8,10H2,1-3H3,(H,14,15). The van der Waals surface area contributed by atoms with Gasteiger partial charge in [-0.2, -0.15) is 4.31 Å². The van der Waals surface area contributed by atoms with Crippen LogP contribution in [0.3, 0.4) is 0 Å². The zero-order valence-electron chi connectivity index (χ0n) is 12.5. The average Bonchev–Trinajstić information content (AvgIpc) is 3.09. The van der Waals surface area contributed by atoms with Crippen LogP contribution in [0.5, 0.6) is 0 Å². The zero-order chi connectivity index (χ0) is 14.8. The molecule has 1 aromatic rings. The smallest absolute Gasteiger partial charge is 0.260 e. The van der Waals surface area contributed by atoms with Crippen molar-refractivity contribution in [3.63, 3.8) is 0 Å². The van der Waals surface area contributed by atoms with E-state index in [2.05, 4.69) is 28.7 Å². The molecule has 1 atom stereocenters. The molecule has 114 valence electrons. The van der Waals surface area contributed by atoms with Crippen LogP contribution in [0.15, 0.2) is 11.2 Å². The molecule has 0 aliphatic carbocycles. The van der Waals surface area contributed by atoms with E-state index in [1.807, 2.05) is 6.92 Å². The minimum absolute atomic E-state index is 0.217. The maximum atomic E-state index is 12.5. The fourth-order valence-corrected chi connectivity index (χ4v) is 4.19. The molecule has 0 spiro atoms. The summed E-state index contributed by atoms with van der Waals surface area (Å²) >= 11 is 0. The third-order valence-electron chi connectivity index (χ3n) is 4.01. The third-order valence-corrected chi connectivity index (χ3v) is 5.79. The fraction of sp³-hybridized carbons (Fsp3) is 0.769. The number of aromatic amines is 1. The zero-order valence-corrected chi connectivity index (χ0v) is 13.3. The van der Waals surface area contributed by atoms with Gasteiger partial charge in [0, 0.05) is 25.6 Å². The molecule has 1 N–H and O–H groups in total. The molecule has 0 amide bonds. The van der Waals surface area contributed by atoms with Crippen molar-refractivity contribution >= 4 is 10.0 Å². The summed E-state index contributed by atoms with van der Waals surface area (Å²) in [7, 11) is -3.42. The molecular weight excluding hydrogens is 276 g/mol. The minimum Gasteiger partial charge on any atom is -0.332 e. The summed E-state index contributed by atoms with van der Waals surface area (Å²) in [4.78, 5) is 9.30. The van der Waals surface area contributed by atoms with Crippen molar-refractivity contribution < 1.29 is 8.42 Å². The van der Waals surface area contributed by atoms with Crippen LogP contribution in [0.4, 0.5) is 0 Å². The van der Waals surface area contributed by atoms with Gasteiger partial charge in [0.2, 0.25) is 0 Å². The van der Waals surface area contributed by atoms with Gasteiger partial charge in [0.15, 0.2) is 5.03 Å². The van der Waals surface area contributed by atoms with E-state index in [1.54, 1.807) is 4.31 Å². The van der Waals surface area contributed by atoms with Crippen LogP contribution in [0.25, 0.3) is 0 Å². The van der Waals surface area contributed by atoms with E-state index in [0.29, 0.717) is 31.4 Å². The van der Waals surface area contributed by atoms with Gasteiger partial charge >= 0.3 is 0 Å². The molecule has 1 fully saturated rings. The number of hydrogen-bond acceptors (Lipinski definition) is 4. The number of nitrogens with zero attached hydrogens (tertiary/aromatic N) is 3. The quantitative estimate of drug-likeness (QED) is 0.853. The van der Waals surface area contributed by atoms with Crippen LogP contribution in [-0.4, -0.2) is 59.8 Å². The highest BCUT2D eigenvalue weighted by molar-refractivity contribution is 7.89. The predicted molar refractivity (Wildman–Crippen MR) is 78.1 cm³/mol. The second-order valence-corrected chi connectivity index (χ2v) is 6.98. The summed E-state index contributed by atoms with van der Waals surface area (Å²) in [5.41, 5.74) is 0. The maximum absolute atomic E-state index is 12.5. The summed E-state index contributed by atoms with van der Waals surface area (Å²) in [5.74, 6) is 0.711. The van der Waals surface area contributed by atoms with Crippen molar-refractivity contribution in [2.75, 3.05) is 26.2 Å². The van der Waals surface area contributed by atoms with Gasteiger partial charge in [-0.3, -0.25) is 4.90 Å². The lowest BCUT2D eigenvalue weighted by Gasteiger charge is -2.25. The van der Waals surface area contributed by atoms with Gasteiger partial charge in [0.25, 0.3) is 10.0 Å². The number of aromatic nitrogens is 2. The molecule has 7 heteroatoms. The largest absolute Gasteiger partial charge is 0.332 e. The maximum Gasteiger partial charge on any atom is 0.260 e. The van der Waals surface area contributed by atoms with Gasteiger partial charge in [-0.25, -0.2) is 13.4 Å². The Bertz CT molecular complexity index is 536. The number of sulfonamides is 1. The highest BCUT2D eigenvalue weighted by atomic mass is 32.2. The van der Waals surface area contributed by atoms with Gasteiger partial charge in [-0.15, -0.1) is 0 Å². The van der Waals surface area contributed by atoms with Crippen molar-refractivity contribution in [3.05, 3.63) is 12.0 Å². The molecule has 0 bridgehead atoms. The molecule has 2 rings (SSSR count).